The number of benzene rings is 3. The van der Waals surface area contributed by atoms with E-state index in [1.165, 1.54) is 60.0 Å². The first-order chi connectivity index (χ1) is 20.0. The van der Waals surface area contributed by atoms with E-state index in [4.69, 9.17) is 9.47 Å². The zero-order valence-electron chi connectivity index (χ0n) is 25.3. The Bertz CT molecular complexity index is 1250. The van der Waals surface area contributed by atoms with Crippen LogP contribution in [0, 0.1) is 0 Å². The normalized spacial score (nSPS) is 17.3. The van der Waals surface area contributed by atoms with Gasteiger partial charge in [0.15, 0.2) is 0 Å². The maximum atomic E-state index is 9.95. The Labute approximate surface area is 247 Å². The topological polar surface area (TPSA) is 45.2 Å². The number of phenolic OH excluding ortho intramolecular Hbond substituents is 1. The third kappa shape index (κ3) is 7.56. The van der Waals surface area contributed by atoms with Gasteiger partial charge in [0.05, 0.1) is 7.11 Å². The minimum atomic E-state index is 0.365. The quantitative estimate of drug-likeness (QED) is 0.247. The molecule has 220 valence electrons. The number of fused-ring (bicyclic) bond motifs is 1. The maximum Gasteiger partial charge on any atom is 0.120 e. The molecule has 0 saturated heterocycles. The number of hydrogen-bond donors (Lipinski definition) is 1. The molecule has 1 N–H and O–H groups in total. The molecule has 1 fully saturated rings. The van der Waals surface area contributed by atoms with Crippen LogP contribution in [0.25, 0.3) is 0 Å². The van der Waals surface area contributed by atoms with Crippen LogP contribution in [0.15, 0.2) is 60.7 Å². The molecule has 3 aromatic rings. The number of aryl methyl sites for hydroxylation is 1. The number of rotatable bonds is 12. The van der Waals surface area contributed by atoms with E-state index in [9.17, 15) is 5.11 Å². The molecule has 3 aromatic carbocycles. The second kappa shape index (κ2) is 14.1. The van der Waals surface area contributed by atoms with Crippen molar-refractivity contribution in [3.05, 3.63) is 82.9 Å². The van der Waals surface area contributed by atoms with Gasteiger partial charge in [0, 0.05) is 37.4 Å². The number of aromatic hydroxyl groups is 1. The highest BCUT2D eigenvalue weighted by atomic mass is 16.5. The average molecular weight is 557 g/mol. The highest BCUT2D eigenvalue weighted by Gasteiger charge is 2.25. The summed E-state index contributed by atoms with van der Waals surface area (Å²) in [5.41, 5.74) is 6.57. The molecule has 0 heterocycles. The summed E-state index contributed by atoms with van der Waals surface area (Å²) in [6, 6.07) is 21.9. The van der Waals surface area contributed by atoms with E-state index in [0.717, 1.165) is 69.5 Å². The van der Waals surface area contributed by atoms with E-state index < -0.39 is 0 Å². The minimum Gasteiger partial charge on any atom is -0.508 e. The molecule has 5 heteroatoms. The Hall–Kier alpha value is -3.18. The molecule has 2 aliphatic rings. The molecule has 0 amide bonds. The van der Waals surface area contributed by atoms with Crippen LogP contribution in [0.4, 0.5) is 5.69 Å². The first-order valence-electron chi connectivity index (χ1n) is 15.7. The lowest BCUT2D eigenvalue weighted by molar-refractivity contribution is 0.160. The lowest BCUT2D eigenvalue weighted by Crippen LogP contribution is -2.36. The SMILES string of the molecule is CCCN(Cc1ccc(OCCN(C)C2CCCCC2)cc1)c1cc(OC)ccc1C1CCc2cc(O)ccc2C1. The number of anilines is 1. The van der Waals surface area contributed by atoms with Gasteiger partial charge in [-0.05, 0) is 104 Å². The van der Waals surface area contributed by atoms with Crippen LogP contribution in [0.1, 0.15) is 80.0 Å². The highest BCUT2D eigenvalue weighted by molar-refractivity contribution is 5.60. The third-order valence-electron chi connectivity index (χ3n) is 9.14. The van der Waals surface area contributed by atoms with Gasteiger partial charge < -0.3 is 24.4 Å². The third-order valence-corrected chi connectivity index (χ3v) is 9.14. The smallest absolute Gasteiger partial charge is 0.120 e. The number of likely N-dealkylation sites (N-methyl/N-ethyl adjacent to an activating group) is 1. The predicted octanol–water partition coefficient (Wildman–Crippen LogP) is 7.73. The van der Waals surface area contributed by atoms with E-state index in [0.29, 0.717) is 11.7 Å². The first-order valence-corrected chi connectivity index (χ1v) is 15.7. The van der Waals surface area contributed by atoms with Gasteiger partial charge in [-0.3, -0.25) is 0 Å². The molecule has 0 radical (unpaired) electrons. The zero-order valence-corrected chi connectivity index (χ0v) is 25.3. The summed E-state index contributed by atoms with van der Waals surface area (Å²) in [7, 11) is 3.99. The number of methoxy groups -OCH3 is 1. The Morgan fingerprint density at radius 3 is 2.39 bits per heavy atom. The molecule has 0 spiro atoms. The lowest BCUT2D eigenvalue weighted by Gasteiger charge is -2.32. The average Bonchev–Trinajstić information content (AvgIpc) is 3.01. The van der Waals surface area contributed by atoms with Gasteiger partial charge >= 0.3 is 0 Å². The first kappa shape index (κ1) is 29.3. The highest BCUT2D eigenvalue weighted by Crippen LogP contribution is 2.40. The Balaban J connectivity index is 1.26. The van der Waals surface area contributed by atoms with Crippen LogP contribution >= 0.6 is 0 Å². The molecule has 0 aliphatic heterocycles. The van der Waals surface area contributed by atoms with Crippen molar-refractivity contribution < 1.29 is 14.6 Å². The zero-order chi connectivity index (χ0) is 28.6. The molecule has 2 aliphatic carbocycles. The van der Waals surface area contributed by atoms with Crippen LogP contribution in [0.3, 0.4) is 0 Å². The van der Waals surface area contributed by atoms with Crippen LogP contribution in [0.2, 0.25) is 0 Å². The van der Waals surface area contributed by atoms with Gasteiger partial charge in [0.25, 0.3) is 0 Å². The summed E-state index contributed by atoms with van der Waals surface area (Å²) in [6.07, 6.45) is 10.9. The summed E-state index contributed by atoms with van der Waals surface area (Å²) in [6.45, 7) is 5.77. The van der Waals surface area contributed by atoms with Crippen molar-refractivity contribution in [2.45, 2.75) is 83.2 Å². The fourth-order valence-corrected chi connectivity index (χ4v) is 6.75. The Kier molecular flexibility index (Phi) is 10.1. The van der Waals surface area contributed by atoms with E-state index in [2.05, 4.69) is 72.3 Å². The van der Waals surface area contributed by atoms with Crippen LogP contribution in [-0.2, 0) is 19.4 Å². The van der Waals surface area contributed by atoms with Gasteiger partial charge in [-0.1, -0.05) is 50.5 Å². The molecule has 5 rings (SSSR count). The number of nitrogens with zero attached hydrogens (tertiary/aromatic N) is 2. The largest absolute Gasteiger partial charge is 0.508 e. The fraction of sp³-hybridized carbons (Fsp3) is 0.500. The molecule has 1 atom stereocenters. The summed E-state index contributed by atoms with van der Waals surface area (Å²) >= 11 is 0. The fourth-order valence-electron chi connectivity index (χ4n) is 6.75. The standard InChI is InChI=1S/C36H48N2O3/c1-4-20-38(26-27-10-16-33(17-11-27)41-22-21-37(2)31-8-6-5-7-9-31)36-25-34(40-3)18-19-35(36)30-13-12-29-24-32(39)15-14-28(29)23-30/h10-11,14-19,24-25,30-31,39H,4-9,12-13,20-23,26H2,1-3H3. The van der Waals surface area contributed by atoms with Crippen molar-refractivity contribution in [3.63, 3.8) is 0 Å². The second-order valence-electron chi connectivity index (χ2n) is 12.0. The van der Waals surface area contributed by atoms with E-state index in [-0.39, 0.29) is 0 Å². The monoisotopic (exact) mass is 556 g/mol. The van der Waals surface area contributed by atoms with Crippen molar-refractivity contribution in [2.24, 2.45) is 0 Å². The minimum absolute atomic E-state index is 0.365. The lowest BCUT2D eigenvalue weighted by atomic mass is 9.79. The molecule has 1 saturated carbocycles. The summed E-state index contributed by atoms with van der Waals surface area (Å²) < 4.78 is 11.8. The second-order valence-corrected chi connectivity index (χ2v) is 12.0. The van der Waals surface area contributed by atoms with E-state index in [1.54, 1.807) is 7.11 Å². The molecule has 41 heavy (non-hydrogen) atoms. The van der Waals surface area contributed by atoms with Crippen LogP contribution in [0.5, 0.6) is 17.2 Å². The number of ether oxygens (including phenoxy) is 2. The molecular weight excluding hydrogens is 508 g/mol. The van der Waals surface area contributed by atoms with Crippen molar-refractivity contribution >= 4 is 5.69 Å². The number of phenols is 1. The van der Waals surface area contributed by atoms with Crippen molar-refractivity contribution in [3.8, 4) is 17.2 Å². The van der Waals surface area contributed by atoms with Gasteiger partial charge in [0.1, 0.15) is 23.9 Å². The molecule has 0 aromatic heterocycles. The summed E-state index contributed by atoms with van der Waals surface area (Å²) in [5, 5.41) is 9.95. The van der Waals surface area contributed by atoms with Crippen LogP contribution < -0.4 is 14.4 Å². The molecule has 5 nitrogen and oxygen atoms in total. The van der Waals surface area contributed by atoms with E-state index in [1.807, 2.05) is 12.1 Å². The Morgan fingerprint density at radius 2 is 1.63 bits per heavy atom. The Morgan fingerprint density at radius 1 is 0.854 bits per heavy atom. The summed E-state index contributed by atoms with van der Waals surface area (Å²) in [5.74, 6) is 2.65. The molecule has 1 unspecified atom stereocenters. The van der Waals surface area contributed by atoms with Crippen molar-refractivity contribution in [1.82, 2.24) is 4.90 Å². The predicted molar refractivity (Wildman–Crippen MR) is 169 cm³/mol. The van der Waals surface area contributed by atoms with E-state index >= 15 is 0 Å². The van der Waals surface area contributed by atoms with Crippen LogP contribution in [-0.4, -0.2) is 49.9 Å². The van der Waals surface area contributed by atoms with Gasteiger partial charge in [-0.2, -0.15) is 0 Å². The van der Waals surface area contributed by atoms with Gasteiger partial charge in [-0.25, -0.2) is 0 Å². The summed E-state index contributed by atoms with van der Waals surface area (Å²) in [4.78, 5) is 5.00. The van der Waals surface area contributed by atoms with Crippen molar-refractivity contribution in [1.29, 1.82) is 0 Å². The number of hydrogen-bond acceptors (Lipinski definition) is 5. The molecular formula is C36H48N2O3. The van der Waals surface area contributed by atoms with Gasteiger partial charge in [-0.15, -0.1) is 0 Å². The maximum absolute atomic E-state index is 9.95. The molecule has 0 bridgehead atoms. The van der Waals surface area contributed by atoms with Gasteiger partial charge in [0.2, 0.25) is 0 Å². The van der Waals surface area contributed by atoms with Crippen molar-refractivity contribution in [2.75, 3.05) is 38.8 Å².